The number of alkyl halides is 3. The van der Waals surface area contributed by atoms with Crippen LogP contribution in [0.15, 0.2) is 24.3 Å². The molecule has 0 N–H and O–H groups in total. The van der Waals surface area contributed by atoms with Crippen molar-refractivity contribution in [2.45, 2.75) is 31.6 Å². The fourth-order valence-corrected chi connectivity index (χ4v) is 4.67. The summed E-state index contributed by atoms with van der Waals surface area (Å²) in [6.45, 7) is 2.68. The van der Waals surface area contributed by atoms with Gasteiger partial charge in [-0.1, -0.05) is 0 Å². The lowest BCUT2D eigenvalue weighted by atomic mass is 10.2. The summed E-state index contributed by atoms with van der Waals surface area (Å²) in [6.07, 6.45) is -2.68. The van der Waals surface area contributed by atoms with E-state index in [0.717, 1.165) is 56.1 Å². The predicted molar refractivity (Wildman–Crippen MR) is 101 cm³/mol. The number of hydrogen-bond acceptors (Lipinski definition) is 6. The van der Waals surface area contributed by atoms with Crippen molar-refractivity contribution < 1.29 is 18.0 Å². The molecule has 0 aliphatic carbocycles. The first kappa shape index (κ1) is 20.1. The average molecular weight is 426 g/mol. The second-order valence-electron chi connectivity index (χ2n) is 7.12. The second-order valence-corrected chi connectivity index (χ2v) is 8.34. The van der Waals surface area contributed by atoms with Gasteiger partial charge in [-0.25, -0.2) is 0 Å². The van der Waals surface area contributed by atoms with Gasteiger partial charge in [-0.15, -0.1) is 5.10 Å². The molecule has 2 aromatic rings. The van der Waals surface area contributed by atoms with Gasteiger partial charge in [0.2, 0.25) is 5.91 Å². The van der Waals surface area contributed by atoms with Crippen LogP contribution in [0.25, 0.3) is 5.69 Å². The molecule has 29 heavy (non-hydrogen) atoms. The zero-order chi connectivity index (χ0) is 20.4. The van der Waals surface area contributed by atoms with E-state index in [1.165, 1.54) is 16.8 Å². The van der Waals surface area contributed by atoms with Crippen LogP contribution in [0.1, 0.15) is 24.2 Å². The van der Waals surface area contributed by atoms with E-state index >= 15 is 0 Å². The fourth-order valence-electron chi connectivity index (χ4n) is 3.77. The van der Waals surface area contributed by atoms with Crippen molar-refractivity contribution in [2.75, 3.05) is 31.1 Å². The number of likely N-dealkylation sites (tertiary alicyclic amines) is 1. The molecule has 0 saturated carbocycles. The maximum absolute atomic E-state index is 12.9. The van der Waals surface area contributed by atoms with Gasteiger partial charge in [0.25, 0.3) is 0 Å². The summed E-state index contributed by atoms with van der Waals surface area (Å²) in [5.74, 6) is 2.57. The number of carbonyl (C=O) groups is 1. The van der Waals surface area contributed by atoms with Gasteiger partial charge in [-0.3, -0.25) is 9.69 Å². The third-order valence-corrected chi connectivity index (χ3v) is 6.23. The lowest BCUT2D eigenvalue weighted by molar-refractivity contribution is -0.137. The zero-order valence-corrected chi connectivity index (χ0v) is 16.5. The molecule has 156 valence electrons. The number of tetrazole rings is 1. The topological polar surface area (TPSA) is 67.2 Å². The fraction of sp³-hybridized carbons (Fsp3) is 0.556. The van der Waals surface area contributed by atoms with Crippen molar-refractivity contribution in [1.29, 1.82) is 0 Å². The molecular formula is C18H21F3N6OS. The molecule has 0 bridgehead atoms. The van der Waals surface area contributed by atoms with Gasteiger partial charge in [0, 0.05) is 24.6 Å². The van der Waals surface area contributed by atoms with E-state index in [9.17, 15) is 18.0 Å². The van der Waals surface area contributed by atoms with Crippen LogP contribution >= 0.6 is 11.8 Å². The number of benzene rings is 1. The van der Waals surface area contributed by atoms with Gasteiger partial charge >= 0.3 is 6.18 Å². The Balaban J connectivity index is 1.49. The highest BCUT2D eigenvalue weighted by molar-refractivity contribution is 7.99. The van der Waals surface area contributed by atoms with Crippen LogP contribution in [0.4, 0.5) is 13.2 Å². The molecule has 4 rings (SSSR count). The molecule has 2 aliphatic rings. The molecule has 1 aromatic heterocycles. The van der Waals surface area contributed by atoms with Gasteiger partial charge < -0.3 is 4.90 Å². The number of rotatable bonds is 4. The summed E-state index contributed by atoms with van der Waals surface area (Å²) in [5.41, 5.74) is -0.270. The molecule has 1 atom stereocenters. The van der Waals surface area contributed by atoms with E-state index in [4.69, 9.17) is 0 Å². The normalized spacial score (nSPS) is 20.9. The van der Waals surface area contributed by atoms with Gasteiger partial charge in [-0.2, -0.15) is 29.6 Å². The van der Waals surface area contributed by atoms with E-state index in [1.54, 1.807) is 0 Å². The van der Waals surface area contributed by atoms with E-state index in [0.29, 0.717) is 18.1 Å². The Hall–Kier alpha value is -2.14. The minimum atomic E-state index is -4.39. The van der Waals surface area contributed by atoms with Crippen molar-refractivity contribution in [3.05, 3.63) is 35.7 Å². The molecular weight excluding hydrogens is 405 g/mol. The smallest absolute Gasteiger partial charge is 0.340 e. The predicted octanol–water partition coefficient (Wildman–Crippen LogP) is 2.22. The number of halogens is 3. The molecule has 11 heteroatoms. The minimum Gasteiger partial charge on any atom is -0.340 e. The Morgan fingerprint density at radius 2 is 1.86 bits per heavy atom. The van der Waals surface area contributed by atoms with Crippen molar-refractivity contribution in [3.8, 4) is 5.69 Å². The summed E-state index contributed by atoms with van der Waals surface area (Å²) in [5, 5.41) is 11.7. The van der Waals surface area contributed by atoms with E-state index in [-0.39, 0.29) is 11.9 Å². The summed E-state index contributed by atoms with van der Waals surface area (Å²) >= 11 is 1.86. The van der Waals surface area contributed by atoms with Crippen LogP contribution in [0, 0.1) is 0 Å². The molecule has 7 nitrogen and oxygen atoms in total. The molecule has 0 spiro atoms. The quantitative estimate of drug-likeness (QED) is 0.747. The Morgan fingerprint density at radius 1 is 1.14 bits per heavy atom. The Morgan fingerprint density at radius 3 is 2.55 bits per heavy atom. The Kier molecular flexibility index (Phi) is 5.77. The lowest BCUT2D eigenvalue weighted by Crippen LogP contribution is -2.48. The number of amides is 1. The van der Waals surface area contributed by atoms with Gasteiger partial charge in [-0.05, 0) is 54.1 Å². The molecule has 1 unspecified atom stereocenters. The molecule has 2 aliphatic heterocycles. The number of carbonyl (C=O) groups excluding carboxylic acids is 1. The molecule has 1 aromatic carbocycles. The van der Waals surface area contributed by atoms with E-state index in [1.807, 2.05) is 16.7 Å². The number of nitrogens with zero attached hydrogens (tertiary/aromatic N) is 6. The zero-order valence-electron chi connectivity index (χ0n) is 15.7. The third-order valence-electron chi connectivity index (χ3n) is 5.29. The highest BCUT2D eigenvalue weighted by Crippen LogP contribution is 2.30. The summed E-state index contributed by atoms with van der Waals surface area (Å²) in [4.78, 5) is 16.9. The maximum atomic E-state index is 12.9. The molecule has 1 amide bonds. The first-order chi connectivity index (χ1) is 13.9. The minimum absolute atomic E-state index is 0.149. The molecule has 0 radical (unpaired) electrons. The Bertz CT molecular complexity index is 850. The van der Waals surface area contributed by atoms with Crippen LogP contribution in [-0.4, -0.2) is 73.1 Å². The van der Waals surface area contributed by atoms with Crippen LogP contribution in [0.3, 0.4) is 0 Å². The highest BCUT2D eigenvalue weighted by atomic mass is 32.2. The first-order valence-corrected chi connectivity index (χ1v) is 10.6. The van der Waals surface area contributed by atoms with Crippen molar-refractivity contribution in [3.63, 3.8) is 0 Å². The number of aromatic nitrogens is 4. The van der Waals surface area contributed by atoms with Crippen LogP contribution in [-0.2, 0) is 17.5 Å². The maximum Gasteiger partial charge on any atom is 0.416 e. The van der Waals surface area contributed by atoms with Crippen LogP contribution in [0.5, 0.6) is 0 Å². The van der Waals surface area contributed by atoms with Crippen LogP contribution in [0.2, 0.25) is 0 Å². The number of thioether (sulfide) groups is 1. The monoisotopic (exact) mass is 426 g/mol. The van der Waals surface area contributed by atoms with Crippen molar-refractivity contribution >= 4 is 17.7 Å². The summed E-state index contributed by atoms with van der Waals surface area (Å²) in [6, 6.07) is 4.52. The van der Waals surface area contributed by atoms with Gasteiger partial charge in [0.15, 0.2) is 5.82 Å². The average Bonchev–Trinajstić information content (AvgIpc) is 3.37. The third kappa shape index (κ3) is 4.40. The summed E-state index contributed by atoms with van der Waals surface area (Å²) in [7, 11) is 0. The SMILES string of the molecule is O=C(C1CCCN1Cc1nnnn1-c1ccc(C(F)(F)F)cc1)N1CCSCC1. The van der Waals surface area contributed by atoms with E-state index in [2.05, 4.69) is 20.4 Å². The lowest BCUT2D eigenvalue weighted by Gasteiger charge is -2.32. The summed E-state index contributed by atoms with van der Waals surface area (Å²) < 4.78 is 39.8. The molecule has 2 saturated heterocycles. The highest BCUT2D eigenvalue weighted by Gasteiger charge is 2.35. The van der Waals surface area contributed by atoms with Crippen LogP contribution < -0.4 is 0 Å². The first-order valence-electron chi connectivity index (χ1n) is 9.49. The molecule has 3 heterocycles. The second kappa shape index (κ2) is 8.31. The van der Waals surface area contributed by atoms with E-state index < -0.39 is 11.7 Å². The standard InChI is InChI=1S/C18H21F3N6OS/c19-18(20,21)13-3-5-14(6-4-13)27-16(22-23-24-27)12-26-7-1-2-15(26)17(28)25-8-10-29-11-9-25/h3-6,15H,1-2,7-12H2. The van der Waals surface area contributed by atoms with Crippen molar-refractivity contribution in [1.82, 2.24) is 30.0 Å². The molecule has 2 fully saturated rings. The van der Waals surface area contributed by atoms with Crippen molar-refractivity contribution in [2.24, 2.45) is 0 Å². The Labute approximate surface area is 170 Å². The van der Waals surface area contributed by atoms with Gasteiger partial charge in [0.05, 0.1) is 23.8 Å². The largest absolute Gasteiger partial charge is 0.416 e. The number of hydrogen-bond donors (Lipinski definition) is 0. The van der Waals surface area contributed by atoms with Gasteiger partial charge in [0.1, 0.15) is 0 Å².